The fraction of sp³-hybridized carbons (Fsp3) is 0.143. The quantitative estimate of drug-likeness (QED) is 0.735. The average molecular weight is 274 g/mol. The zero-order valence-electron chi connectivity index (χ0n) is 10.4. The predicted molar refractivity (Wildman–Crippen MR) is 73.5 cm³/mol. The van der Waals surface area contributed by atoms with E-state index in [1.165, 1.54) is 0 Å². The molecule has 2 aromatic heterocycles. The molecule has 0 spiro atoms. The molecule has 2 heterocycles. The molecule has 0 saturated carbocycles. The second-order valence-corrected chi connectivity index (χ2v) is 4.72. The number of hydrogen-bond acceptors (Lipinski definition) is 3. The van der Waals surface area contributed by atoms with Crippen LogP contribution < -0.4 is 4.74 Å². The average Bonchev–Trinajstić information content (AvgIpc) is 2.78. The number of aromatic nitrogens is 3. The molecule has 0 N–H and O–H groups in total. The van der Waals surface area contributed by atoms with Gasteiger partial charge in [0, 0.05) is 6.20 Å². The minimum atomic E-state index is 0.336. The maximum Gasteiger partial charge on any atom is 0.189 e. The van der Waals surface area contributed by atoms with E-state index in [2.05, 4.69) is 10.1 Å². The summed E-state index contributed by atoms with van der Waals surface area (Å²) in [6.07, 6.45) is 1.72. The molecule has 0 unspecified atom stereocenters. The van der Waals surface area contributed by atoms with Gasteiger partial charge in [-0.1, -0.05) is 23.7 Å². The number of nitrogens with zero attached hydrogens (tertiary/aromatic N) is 3. The summed E-state index contributed by atoms with van der Waals surface area (Å²) in [5.74, 6) is 1.45. The van der Waals surface area contributed by atoms with Crippen LogP contribution >= 0.6 is 11.6 Å². The zero-order valence-corrected chi connectivity index (χ0v) is 11.1. The van der Waals surface area contributed by atoms with Crippen molar-refractivity contribution in [2.75, 3.05) is 0 Å². The molecule has 0 bridgehead atoms. The van der Waals surface area contributed by atoms with E-state index in [0.717, 1.165) is 17.0 Å². The lowest BCUT2D eigenvalue weighted by molar-refractivity contribution is 0.296. The van der Waals surface area contributed by atoms with Crippen LogP contribution in [-0.2, 0) is 6.61 Å². The van der Waals surface area contributed by atoms with Gasteiger partial charge >= 0.3 is 0 Å². The first kappa shape index (κ1) is 12.0. The molecular weight excluding hydrogens is 262 g/mol. The van der Waals surface area contributed by atoms with Gasteiger partial charge in [-0.2, -0.15) is 0 Å². The fourth-order valence-corrected chi connectivity index (χ4v) is 1.97. The van der Waals surface area contributed by atoms with Gasteiger partial charge in [-0.15, -0.1) is 5.10 Å². The predicted octanol–water partition coefficient (Wildman–Crippen LogP) is 3.27. The minimum absolute atomic E-state index is 0.336. The van der Waals surface area contributed by atoms with Crippen molar-refractivity contribution >= 4 is 17.2 Å². The van der Waals surface area contributed by atoms with Crippen molar-refractivity contribution in [3.8, 4) is 5.75 Å². The maximum atomic E-state index is 5.90. The van der Waals surface area contributed by atoms with Crippen molar-refractivity contribution in [1.29, 1.82) is 0 Å². The molecule has 0 amide bonds. The highest BCUT2D eigenvalue weighted by atomic mass is 35.5. The summed E-state index contributed by atoms with van der Waals surface area (Å²) >= 11 is 5.90. The summed E-state index contributed by atoms with van der Waals surface area (Å²) in [5, 5.41) is 4.94. The van der Waals surface area contributed by atoms with E-state index in [0.29, 0.717) is 17.5 Å². The Balaban J connectivity index is 1.78. The topological polar surface area (TPSA) is 39.4 Å². The molecule has 19 heavy (non-hydrogen) atoms. The molecule has 1 aromatic carbocycles. The summed E-state index contributed by atoms with van der Waals surface area (Å²) in [5.41, 5.74) is 1.92. The molecular formula is C14H12ClN3O. The monoisotopic (exact) mass is 273 g/mol. The Hall–Kier alpha value is -2.07. The van der Waals surface area contributed by atoms with E-state index in [1.807, 2.05) is 37.3 Å². The van der Waals surface area contributed by atoms with E-state index in [9.17, 15) is 0 Å². The standard InChI is InChI=1S/C14H12ClN3O/c1-10-3-2-4-12(7-10)19-9-13-16-14-6-5-11(15)8-18(14)17-13/h2-8H,9H2,1H3. The van der Waals surface area contributed by atoms with E-state index in [-0.39, 0.29) is 0 Å². The number of ether oxygens (including phenoxy) is 1. The summed E-state index contributed by atoms with van der Waals surface area (Å²) in [6.45, 7) is 2.36. The smallest absolute Gasteiger partial charge is 0.189 e. The van der Waals surface area contributed by atoms with Crippen molar-refractivity contribution in [3.05, 3.63) is 59.0 Å². The van der Waals surface area contributed by atoms with Gasteiger partial charge in [0.25, 0.3) is 0 Å². The van der Waals surface area contributed by atoms with E-state index in [1.54, 1.807) is 16.8 Å². The number of benzene rings is 1. The largest absolute Gasteiger partial charge is 0.486 e. The second kappa shape index (κ2) is 4.90. The SMILES string of the molecule is Cc1cccc(OCc2nc3ccc(Cl)cn3n2)c1. The van der Waals surface area contributed by atoms with Crippen LogP contribution in [0.4, 0.5) is 0 Å². The summed E-state index contributed by atoms with van der Waals surface area (Å²) in [7, 11) is 0. The van der Waals surface area contributed by atoms with Gasteiger partial charge < -0.3 is 4.74 Å². The molecule has 0 saturated heterocycles. The van der Waals surface area contributed by atoms with E-state index in [4.69, 9.17) is 16.3 Å². The lowest BCUT2D eigenvalue weighted by Gasteiger charge is -2.03. The molecule has 0 radical (unpaired) electrons. The molecule has 5 heteroatoms. The molecule has 4 nitrogen and oxygen atoms in total. The van der Waals surface area contributed by atoms with Crippen LogP contribution in [0.3, 0.4) is 0 Å². The van der Waals surface area contributed by atoms with Gasteiger partial charge in [-0.3, -0.25) is 0 Å². The minimum Gasteiger partial charge on any atom is -0.486 e. The molecule has 96 valence electrons. The van der Waals surface area contributed by atoms with Crippen LogP contribution in [0, 0.1) is 6.92 Å². The first-order valence-corrected chi connectivity index (χ1v) is 6.29. The summed E-state index contributed by atoms with van der Waals surface area (Å²) < 4.78 is 7.31. The van der Waals surface area contributed by atoms with E-state index < -0.39 is 0 Å². The first-order chi connectivity index (χ1) is 9.20. The zero-order chi connectivity index (χ0) is 13.2. The lowest BCUT2D eigenvalue weighted by atomic mass is 10.2. The molecule has 0 atom stereocenters. The molecule has 0 aliphatic heterocycles. The third-order valence-electron chi connectivity index (χ3n) is 2.70. The summed E-state index contributed by atoms with van der Waals surface area (Å²) in [6, 6.07) is 11.5. The Morgan fingerprint density at radius 1 is 1.26 bits per heavy atom. The Kier molecular flexibility index (Phi) is 3.09. The molecule has 3 aromatic rings. The van der Waals surface area contributed by atoms with Crippen molar-refractivity contribution in [3.63, 3.8) is 0 Å². The van der Waals surface area contributed by atoms with Gasteiger partial charge in [0.15, 0.2) is 11.5 Å². The fourth-order valence-electron chi connectivity index (χ4n) is 1.82. The lowest BCUT2D eigenvalue weighted by Crippen LogP contribution is -1.98. The van der Waals surface area contributed by atoms with Crippen molar-refractivity contribution < 1.29 is 4.74 Å². The van der Waals surface area contributed by atoms with Gasteiger partial charge in [-0.05, 0) is 36.8 Å². The molecule has 0 aliphatic carbocycles. The second-order valence-electron chi connectivity index (χ2n) is 4.28. The Bertz CT molecular complexity index is 724. The van der Waals surface area contributed by atoms with Crippen LogP contribution in [0.25, 0.3) is 5.65 Å². The number of rotatable bonds is 3. The molecule has 3 rings (SSSR count). The highest BCUT2D eigenvalue weighted by Gasteiger charge is 2.04. The van der Waals surface area contributed by atoms with Crippen LogP contribution in [0.1, 0.15) is 11.4 Å². The van der Waals surface area contributed by atoms with Crippen molar-refractivity contribution in [2.45, 2.75) is 13.5 Å². The van der Waals surface area contributed by atoms with Crippen LogP contribution in [0.5, 0.6) is 5.75 Å². The normalized spacial score (nSPS) is 10.8. The van der Waals surface area contributed by atoms with E-state index >= 15 is 0 Å². The highest BCUT2D eigenvalue weighted by molar-refractivity contribution is 6.30. The third-order valence-corrected chi connectivity index (χ3v) is 2.92. The number of hydrogen-bond donors (Lipinski definition) is 0. The Morgan fingerprint density at radius 3 is 3.00 bits per heavy atom. The van der Waals surface area contributed by atoms with Crippen molar-refractivity contribution in [1.82, 2.24) is 14.6 Å². The Labute approximate surface area is 115 Å². The highest BCUT2D eigenvalue weighted by Crippen LogP contribution is 2.14. The van der Waals surface area contributed by atoms with Crippen LogP contribution in [0.2, 0.25) is 5.02 Å². The first-order valence-electron chi connectivity index (χ1n) is 5.91. The van der Waals surface area contributed by atoms with Gasteiger partial charge in [0.1, 0.15) is 12.4 Å². The number of pyridine rings is 1. The maximum absolute atomic E-state index is 5.90. The third kappa shape index (κ3) is 2.69. The molecule has 0 aliphatic rings. The van der Waals surface area contributed by atoms with Gasteiger partial charge in [0.2, 0.25) is 0 Å². The van der Waals surface area contributed by atoms with Gasteiger partial charge in [0.05, 0.1) is 5.02 Å². The van der Waals surface area contributed by atoms with Crippen molar-refractivity contribution in [2.24, 2.45) is 0 Å². The van der Waals surface area contributed by atoms with Crippen LogP contribution in [0.15, 0.2) is 42.6 Å². The number of aryl methyl sites for hydroxylation is 1. The number of fused-ring (bicyclic) bond motifs is 1. The summed E-state index contributed by atoms with van der Waals surface area (Å²) in [4.78, 5) is 4.36. The molecule has 0 fully saturated rings. The number of halogens is 1. The van der Waals surface area contributed by atoms with Gasteiger partial charge in [-0.25, -0.2) is 9.50 Å². The Morgan fingerprint density at radius 2 is 2.16 bits per heavy atom. The van der Waals surface area contributed by atoms with Crippen LogP contribution in [-0.4, -0.2) is 14.6 Å².